The molecule has 8 rings (SSSR count). The van der Waals surface area contributed by atoms with E-state index in [1.807, 2.05) is 58.9 Å². The van der Waals surface area contributed by atoms with Gasteiger partial charge in [0.15, 0.2) is 0 Å². The van der Waals surface area contributed by atoms with Crippen LogP contribution in [0.5, 0.6) is 0 Å². The third-order valence-electron chi connectivity index (χ3n) is 10.1. The van der Waals surface area contributed by atoms with Crippen LogP contribution in [0.3, 0.4) is 0 Å². The number of hydrogen-bond donors (Lipinski definition) is 3. The Morgan fingerprint density at radius 1 is 0.755 bits per heavy atom. The van der Waals surface area contributed by atoms with Gasteiger partial charge in [-0.1, -0.05) is 0 Å². The summed E-state index contributed by atoms with van der Waals surface area (Å²) in [5.74, 6) is 0.791. The number of amides is 3. The minimum atomic E-state index is -0.565. The van der Waals surface area contributed by atoms with Gasteiger partial charge in [-0.25, -0.2) is 13.6 Å². The Bertz CT molecular complexity index is 2030. The van der Waals surface area contributed by atoms with Crippen LogP contribution in [0.15, 0.2) is 72.8 Å². The summed E-state index contributed by atoms with van der Waals surface area (Å²) in [6.07, 6.45) is 1.84. The molecule has 0 spiro atoms. The second-order valence-electron chi connectivity index (χ2n) is 15.4. The summed E-state index contributed by atoms with van der Waals surface area (Å²) in [4.78, 5) is 48.6. The van der Waals surface area contributed by atoms with Crippen LogP contribution in [0.25, 0.3) is 0 Å². The number of carbonyl (C=O) groups is 3. The Labute approximate surface area is 307 Å². The smallest absolute Gasteiger partial charge is 0.414 e. The Morgan fingerprint density at radius 2 is 1.26 bits per heavy atom. The number of carbonyl (C=O) groups excluding carboxylic acids is 3. The average Bonchev–Trinajstić information content (AvgIpc) is 4.06. The molecule has 2 fully saturated rings. The summed E-state index contributed by atoms with van der Waals surface area (Å²) >= 11 is 0. The number of benzene rings is 2. The molecular formula is C41H44F2N6O4. The normalized spacial score (nSPS) is 21.4. The summed E-state index contributed by atoms with van der Waals surface area (Å²) in [5.41, 5.74) is 5.76. The second-order valence-corrected chi connectivity index (χ2v) is 15.4. The minimum absolute atomic E-state index is 0.197. The van der Waals surface area contributed by atoms with E-state index in [4.69, 9.17) is 14.7 Å². The van der Waals surface area contributed by atoms with Crippen LogP contribution >= 0.6 is 0 Å². The maximum absolute atomic E-state index is 13.1. The van der Waals surface area contributed by atoms with Gasteiger partial charge in [0, 0.05) is 36.1 Å². The standard InChI is InChI=1S/C23H26FN3O3.C18H18FN3O/c1-13(25-21(28)14-5-7-16(24)8-6-14)18-9-10-19-20(26-18)17-11-15(17)12-27(19)22(29)30-23(2,3)4;1-10(21-18(23)11-2-4-13(19)5-3-11)15-6-7-16-17(22-15)14-8-12(14)9-20-16/h5-10,13,15,17H,11-12H2,1-4H3,(H,25,28);2-7,10,12,14,20H,8-9H2,1H3,(H,21,23). The van der Waals surface area contributed by atoms with Crippen molar-refractivity contribution in [3.05, 3.63) is 118 Å². The summed E-state index contributed by atoms with van der Waals surface area (Å²) < 4.78 is 31.6. The highest BCUT2D eigenvalue weighted by molar-refractivity contribution is 5.95. The zero-order chi connectivity index (χ0) is 37.6. The molecule has 2 aromatic heterocycles. The van der Waals surface area contributed by atoms with Crippen LogP contribution in [-0.2, 0) is 4.74 Å². The van der Waals surface area contributed by atoms with Gasteiger partial charge in [-0.3, -0.25) is 24.5 Å². The van der Waals surface area contributed by atoms with Crippen molar-refractivity contribution in [1.29, 1.82) is 0 Å². The molecule has 3 amide bonds. The lowest BCUT2D eigenvalue weighted by Gasteiger charge is -2.31. The fraction of sp³-hybridized carbons (Fsp3) is 0.390. The summed E-state index contributed by atoms with van der Waals surface area (Å²) in [6.45, 7) is 11.0. The van der Waals surface area contributed by atoms with Gasteiger partial charge in [0.25, 0.3) is 11.8 Å². The lowest BCUT2D eigenvalue weighted by atomic mass is 10.1. The van der Waals surface area contributed by atoms with E-state index >= 15 is 0 Å². The highest BCUT2D eigenvalue weighted by Gasteiger charge is 2.48. The van der Waals surface area contributed by atoms with Crippen molar-refractivity contribution in [2.24, 2.45) is 11.8 Å². The highest BCUT2D eigenvalue weighted by Crippen LogP contribution is 2.54. The molecule has 2 aliphatic heterocycles. The van der Waals surface area contributed by atoms with Crippen molar-refractivity contribution < 1.29 is 27.9 Å². The number of aromatic nitrogens is 2. The van der Waals surface area contributed by atoms with Crippen molar-refractivity contribution in [3.63, 3.8) is 0 Å². The SMILES string of the molecule is CC(NC(=O)c1ccc(F)cc1)c1ccc2c(n1)C1CC1CN2.CC(NC(=O)c1ccc(F)cc1)c1ccc2c(n1)C1CC1CN2C(=O)OC(C)(C)C. The molecule has 53 heavy (non-hydrogen) atoms. The molecule has 0 saturated heterocycles. The van der Waals surface area contributed by atoms with Gasteiger partial charge in [-0.15, -0.1) is 0 Å². The zero-order valence-corrected chi connectivity index (χ0v) is 30.5. The lowest BCUT2D eigenvalue weighted by molar-refractivity contribution is 0.0576. The van der Waals surface area contributed by atoms with E-state index in [-0.39, 0.29) is 41.6 Å². The van der Waals surface area contributed by atoms with Crippen LogP contribution in [-0.4, -0.2) is 46.6 Å². The number of ether oxygens (including phenoxy) is 1. The third-order valence-corrected chi connectivity index (χ3v) is 10.1. The van der Waals surface area contributed by atoms with Gasteiger partial charge in [-0.2, -0.15) is 0 Å². The van der Waals surface area contributed by atoms with Crippen LogP contribution in [0.1, 0.15) is 115 Å². The van der Waals surface area contributed by atoms with Gasteiger partial charge in [0.1, 0.15) is 17.2 Å². The number of nitrogens with zero attached hydrogens (tertiary/aromatic N) is 3. The van der Waals surface area contributed by atoms with Crippen molar-refractivity contribution in [1.82, 2.24) is 20.6 Å². The van der Waals surface area contributed by atoms with E-state index in [1.54, 1.807) is 4.90 Å². The molecule has 4 aliphatic rings. The Kier molecular flexibility index (Phi) is 9.65. The fourth-order valence-electron chi connectivity index (χ4n) is 6.96. The van der Waals surface area contributed by atoms with Crippen LogP contribution in [0.4, 0.5) is 25.0 Å². The summed E-state index contributed by atoms with van der Waals surface area (Å²) in [6, 6.07) is 18.1. The van der Waals surface area contributed by atoms with Gasteiger partial charge < -0.3 is 20.7 Å². The first-order valence-electron chi connectivity index (χ1n) is 18.1. The lowest BCUT2D eigenvalue weighted by Crippen LogP contribution is -2.40. The van der Waals surface area contributed by atoms with Crippen LogP contribution in [0.2, 0.25) is 0 Å². The second kappa shape index (κ2) is 14.2. The summed E-state index contributed by atoms with van der Waals surface area (Å²) in [7, 11) is 0. The topological polar surface area (TPSA) is 126 Å². The fourth-order valence-corrected chi connectivity index (χ4v) is 6.96. The molecule has 4 aromatic rings. The Balaban J connectivity index is 0.000000170. The molecule has 0 radical (unpaired) electrons. The number of nitrogens with one attached hydrogen (secondary N) is 3. The molecular weight excluding hydrogens is 678 g/mol. The Hall–Kier alpha value is -5.39. The number of pyridine rings is 2. The molecule has 4 heterocycles. The van der Waals surface area contributed by atoms with E-state index in [2.05, 4.69) is 16.0 Å². The average molecular weight is 723 g/mol. The van der Waals surface area contributed by atoms with E-state index < -0.39 is 5.60 Å². The number of anilines is 2. The summed E-state index contributed by atoms with van der Waals surface area (Å²) in [5, 5.41) is 9.23. The zero-order valence-electron chi connectivity index (χ0n) is 30.5. The maximum atomic E-state index is 13.1. The van der Waals surface area contributed by atoms with Crippen LogP contribution < -0.4 is 20.9 Å². The minimum Gasteiger partial charge on any atom is -0.443 e. The van der Waals surface area contributed by atoms with Gasteiger partial charge >= 0.3 is 6.09 Å². The van der Waals surface area contributed by atoms with E-state index in [0.717, 1.165) is 53.0 Å². The number of fused-ring (bicyclic) bond motifs is 6. The van der Waals surface area contributed by atoms with Crippen molar-refractivity contribution in [3.8, 4) is 0 Å². The van der Waals surface area contributed by atoms with Crippen molar-refractivity contribution in [2.45, 2.75) is 77.0 Å². The maximum Gasteiger partial charge on any atom is 0.414 e. The first-order valence-corrected chi connectivity index (χ1v) is 18.1. The third kappa shape index (κ3) is 8.16. The molecule has 2 aromatic carbocycles. The molecule has 12 heteroatoms. The molecule has 276 valence electrons. The van der Waals surface area contributed by atoms with E-state index in [0.29, 0.717) is 35.4 Å². The van der Waals surface area contributed by atoms with E-state index in [1.165, 1.54) is 55.0 Å². The number of hydrogen-bond acceptors (Lipinski definition) is 7. The van der Waals surface area contributed by atoms with Crippen LogP contribution in [0, 0.1) is 23.5 Å². The molecule has 2 aliphatic carbocycles. The highest BCUT2D eigenvalue weighted by atomic mass is 19.1. The van der Waals surface area contributed by atoms with E-state index in [9.17, 15) is 23.2 Å². The quantitative estimate of drug-likeness (QED) is 0.185. The predicted octanol–water partition coefficient (Wildman–Crippen LogP) is 7.81. The molecule has 6 unspecified atom stereocenters. The van der Waals surface area contributed by atoms with Gasteiger partial charge in [0.2, 0.25) is 0 Å². The Morgan fingerprint density at radius 3 is 1.83 bits per heavy atom. The molecule has 0 bridgehead atoms. The van der Waals surface area contributed by atoms with Gasteiger partial charge in [-0.05, 0) is 132 Å². The number of rotatable bonds is 6. The monoisotopic (exact) mass is 722 g/mol. The largest absolute Gasteiger partial charge is 0.443 e. The number of halogens is 2. The van der Waals surface area contributed by atoms with Gasteiger partial charge in [0.05, 0.1) is 46.2 Å². The predicted molar refractivity (Wildman–Crippen MR) is 197 cm³/mol. The first kappa shape index (κ1) is 36.0. The first-order chi connectivity index (χ1) is 25.2. The molecule has 2 saturated carbocycles. The molecule has 10 nitrogen and oxygen atoms in total. The van der Waals surface area contributed by atoms with Crippen molar-refractivity contribution in [2.75, 3.05) is 23.3 Å². The van der Waals surface area contributed by atoms with Crippen molar-refractivity contribution >= 4 is 29.3 Å². The molecule has 6 atom stereocenters. The molecule has 3 N–H and O–H groups in total.